The normalized spacial score (nSPS) is 18.5. The van der Waals surface area contributed by atoms with Gasteiger partial charge in [0.15, 0.2) is 0 Å². The number of hydrogen-bond donors (Lipinski definition) is 1. The molecule has 2 aromatic heterocycles. The van der Waals surface area contributed by atoms with E-state index in [0.717, 1.165) is 18.4 Å². The summed E-state index contributed by atoms with van der Waals surface area (Å²) in [6, 6.07) is 17.9. The van der Waals surface area contributed by atoms with Gasteiger partial charge >= 0.3 is 0 Å². The van der Waals surface area contributed by atoms with Gasteiger partial charge in [-0.2, -0.15) is 0 Å². The second kappa shape index (κ2) is 9.43. The van der Waals surface area contributed by atoms with Gasteiger partial charge in [0.05, 0.1) is 5.41 Å². The van der Waals surface area contributed by atoms with Crippen molar-refractivity contribution in [3.63, 3.8) is 0 Å². The van der Waals surface area contributed by atoms with Crippen LogP contribution >= 0.6 is 11.3 Å². The topological polar surface area (TPSA) is 62.3 Å². The number of piperidine rings is 1. The second-order valence-corrected chi connectivity index (χ2v) is 8.98. The van der Waals surface area contributed by atoms with Crippen LogP contribution in [0.15, 0.2) is 66.2 Å². The zero-order chi connectivity index (χ0) is 21.7. The number of thiophene rings is 1. The van der Waals surface area contributed by atoms with Gasteiger partial charge < -0.3 is 10.2 Å². The van der Waals surface area contributed by atoms with E-state index in [-0.39, 0.29) is 11.8 Å². The Labute approximate surface area is 187 Å². The first kappa shape index (κ1) is 21.2. The first-order valence-corrected chi connectivity index (χ1v) is 11.6. The maximum Gasteiger partial charge on any atom is 0.272 e. The summed E-state index contributed by atoms with van der Waals surface area (Å²) in [6.07, 6.45) is 3.79. The SMILES string of the molecule is CCNC(=O)C1(Cc2ccc(-c3cccs3)cc2)CCCN(C(=O)c2ccccn2)C1. The molecule has 4 rings (SSSR count). The third-order valence-electron chi connectivity index (χ3n) is 5.87. The molecule has 2 amide bonds. The van der Waals surface area contributed by atoms with Crippen molar-refractivity contribution in [1.82, 2.24) is 15.2 Å². The first-order chi connectivity index (χ1) is 15.1. The van der Waals surface area contributed by atoms with Crippen molar-refractivity contribution in [2.24, 2.45) is 5.41 Å². The standard InChI is InChI=1S/C25H27N3O2S/c1-2-26-24(30)25(17-19-9-11-20(12-10-19)22-8-5-16-31-22)13-6-15-28(18-25)23(29)21-7-3-4-14-27-21/h3-5,7-12,14,16H,2,6,13,15,17-18H2,1H3,(H,26,30). The third kappa shape index (κ3) is 4.69. The Morgan fingerprint density at radius 1 is 1.13 bits per heavy atom. The molecular weight excluding hydrogens is 406 g/mol. The largest absolute Gasteiger partial charge is 0.356 e. The summed E-state index contributed by atoms with van der Waals surface area (Å²) in [5.74, 6) is -0.0853. The quantitative estimate of drug-likeness (QED) is 0.626. The molecule has 1 aliphatic rings. The molecule has 0 radical (unpaired) electrons. The minimum absolute atomic E-state index is 0.0239. The van der Waals surface area contributed by atoms with Crippen molar-refractivity contribution in [1.29, 1.82) is 0 Å². The van der Waals surface area contributed by atoms with E-state index in [0.29, 0.717) is 31.7 Å². The predicted molar refractivity (Wildman–Crippen MR) is 124 cm³/mol. The van der Waals surface area contributed by atoms with Crippen LogP contribution in [-0.4, -0.2) is 41.3 Å². The third-order valence-corrected chi connectivity index (χ3v) is 6.79. The zero-order valence-corrected chi connectivity index (χ0v) is 18.5. The molecule has 1 unspecified atom stereocenters. The highest BCUT2D eigenvalue weighted by atomic mass is 32.1. The maximum absolute atomic E-state index is 13.2. The van der Waals surface area contributed by atoms with Gasteiger partial charge in [0, 0.05) is 30.7 Å². The van der Waals surface area contributed by atoms with Crippen LogP contribution in [0.3, 0.4) is 0 Å². The van der Waals surface area contributed by atoms with Gasteiger partial charge in [0.1, 0.15) is 5.69 Å². The van der Waals surface area contributed by atoms with Gasteiger partial charge in [-0.1, -0.05) is 36.4 Å². The summed E-state index contributed by atoms with van der Waals surface area (Å²) in [5, 5.41) is 5.09. The molecule has 160 valence electrons. The minimum Gasteiger partial charge on any atom is -0.356 e. The van der Waals surface area contributed by atoms with E-state index in [9.17, 15) is 9.59 Å². The van der Waals surface area contributed by atoms with Gasteiger partial charge in [-0.25, -0.2) is 0 Å². The second-order valence-electron chi connectivity index (χ2n) is 8.04. The Morgan fingerprint density at radius 3 is 2.65 bits per heavy atom. The molecule has 1 aliphatic heterocycles. The fraction of sp³-hybridized carbons (Fsp3) is 0.320. The fourth-order valence-corrected chi connectivity index (χ4v) is 5.07. The van der Waals surface area contributed by atoms with Gasteiger partial charge in [0.2, 0.25) is 5.91 Å². The average molecular weight is 434 g/mol. The first-order valence-electron chi connectivity index (χ1n) is 10.7. The van der Waals surface area contributed by atoms with Crippen LogP contribution < -0.4 is 5.32 Å². The number of rotatable bonds is 6. The number of carbonyl (C=O) groups is 2. The van der Waals surface area contributed by atoms with Gasteiger partial charge in [0.25, 0.3) is 5.91 Å². The minimum atomic E-state index is -0.636. The molecule has 3 heterocycles. The van der Waals surface area contributed by atoms with Gasteiger partial charge in [-0.3, -0.25) is 14.6 Å². The van der Waals surface area contributed by atoms with Crippen LogP contribution in [-0.2, 0) is 11.2 Å². The Balaban J connectivity index is 1.58. The van der Waals surface area contributed by atoms with Crippen LogP contribution in [0.4, 0.5) is 0 Å². The fourth-order valence-electron chi connectivity index (χ4n) is 4.33. The van der Waals surface area contributed by atoms with E-state index in [1.165, 1.54) is 10.4 Å². The lowest BCUT2D eigenvalue weighted by molar-refractivity contribution is -0.133. The van der Waals surface area contributed by atoms with Gasteiger partial charge in [-0.15, -0.1) is 11.3 Å². The number of benzene rings is 1. The Hall–Kier alpha value is -2.99. The number of nitrogens with zero attached hydrogens (tertiary/aromatic N) is 2. The van der Waals surface area contributed by atoms with Crippen molar-refractivity contribution in [3.8, 4) is 10.4 Å². The van der Waals surface area contributed by atoms with Crippen molar-refractivity contribution < 1.29 is 9.59 Å². The van der Waals surface area contributed by atoms with Crippen LogP contribution in [0, 0.1) is 5.41 Å². The molecule has 0 aliphatic carbocycles. The number of likely N-dealkylation sites (tertiary alicyclic amines) is 1. The number of pyridine rings is 1. The number of aromatic nitrogens is 1. The number of carbonyl (C=O) groups excluding carboxylic acids is 2. The maximum atomic E-state index is 13.2. The molecule has 0 spiro atoms. The van der Waals surface area contributed by atoms with E-state index in [4.69, 9.17) is 0 Å². The van der Waals surface area contributed by atoms with E-state index < -0.39 is 5.41 Å². The molecule has 3 aromatic rings. The predicted octanol–water partition coefficient (Wildman–Crippen LogP) is 4.41. The van der Waals surface area contributed by atoms with Crippen LogP contribution in [0.5, 0.6) is 0 Å². The molecule has 1 N–H and O–H groups in total. The summed E-state index contributed by atoms with van der Waals surface area (Å²) in [7, 11) is 0. The number of hydrogen-bond acceptors (Lipinski definition) is 4. The summed E-state index contributed by atoms with van der Waals surface area (Å²) in [6.45, 7) is 3.56. The van der Waals surface area contributed by atoms with Crippen LogP contribution in [0.25, 0.3) is 10.4 Å². The number of nitrogens with one attached hydrogen (secondary N) is 1. The Bertz CT molecular complexity index is 1020. The highest BCUT2D eigenvalue weighted by Gasteiger charge is 2.43. The zero-order valence-electron chi connectivity index (χ0n) is 17.7. The molecule has 1 fully saturated rings. The van der Waals surface area contributed by atoms with Crippen LogP contribution in [0.2, 0.25) is 0 Å². The summed E-state index contributed by atoms with van der Waals surface area (Å²) in [5.41, 5.74) is 2.08. The van der Waals surface area contributed by atoms with E-state index in [1.807, 2.05) is 19.1 Å². The highest BCUT2D eigenvalue weighted by Crippen LogP contribution is 2.35. The number of amides is 2. The molecule has 1 aromatic carbocycles. The monoisotopic (exact) mass is 433 g/mol. The van der Waals surface area contributed by atoms with E-state index in [1.54, 1.807) is 34.6 Å². The van der Waals surface area contributed by atoms with Crippen LogP contribution in [0.1, 0.15) is 35.8 Å². The molecular formula is C25H27N3O2S. The van der Waals surface area contributed by atoms with Crippen molar-refractivity contribution in [2.45, 2.75) is 26.2 Å². The summed E-state index contributed by atoms with van der Waals surface area (Å²) in [4.78, 5) is 33.5. The highest BCUT2D eigenvalue weighted by molar-refractivity contribution is 7.13. The average Bonchev–Trinajstić information content (AvgIpc) is 3.35. The van der Waals surface area contributed by atoms with Crippen molar-refractivity contribution in [2.75, 3.05) is 19.6 Å². The smallest absolute Gasteiger partial charge is 0.272 e. The molecule has 1 atom stereocenters. The van der Waals surface area contributed by atoms with Gasteiger partial charge in [-0.05, 0) is 60.9 Å². The molecule has 6 heteroatoms. The summed E-state index contributed by atoms with van der Waals surface area (Å²) >= 11 is 1.72. The molecule has 5 nitrogen and oxygen atoms in total. The summed E-state index contributed by atoms with van der Waals surface area (Å²) < 4.78 is 0. The van der Waals surface area contributed by atoms with Crippen molar-refractivity contribution in [3.05, 3.63) is 77.4 Å². The molecule has 1 saturated heterocycles. The Kier molecular flexibility index (Phi) is 6.47. The lowest BCUT2D eigenvalue weighted by Gasteiger charge is -2.41. The van der Waals surface area contributed by atoms with Crippen molar-refractivity contribution >= 4 is 23.2 Å². The molecule has 0 bridgehead atoms. The lowest BCUT2D eigenvalue weighted by Crippen LogP contribution is -2.54. The van der Waals surface area contributed by atoms with E-state index >= 15 is 0 Å². The molecule has 31 heavy (non-hydrogen) atoms. The van der Waals surface area contributed by atoms with E-state index in [2.05, 4.69) is 46.0 Å². The molecule has 0 saturated carbocycles. The Morgan fingerprint density at radius 2 is 1.97 bits per heavy atom. The lowest BCUT2D eigenvalue weighted by atomic mass is 9.74.